The fraction of sp³-hybridized carbons (Fsp3) is 0. The lowest BCUT2D eigenvalue weighted by Crippen LogP contribution is -2.13. The van der Waals surface area contributed by atoms with Crippen LogP contribution in [0.15, 0.2) is 125 Å². The minimum absolute atomic E-state index is 0.0186. The Bertz CT molecular complexity index is 1750. The van der Waals surface area contributed by atoms with Crippen LogP contribution in [-0.4, -0.2) is 15.4 Å². The highest BCUT2D eigenvalue weighted by atomic mass is 79.9. The first-order valence-corrected chi connectivity index (χ1v) is 13.0. The Morgan fingerprint density at radius 2 is 1.48 bits per heavy atom. The number of hydrogen-bond acceptors (Lipinski definition) is 4. The molecule has 4 aromatic carbocycles. The van der Waals surface area contributed by atoms with Gasteiger partial charge in [0, 0.05) is 33.5 Å². The molecule has 1 amide bonds. The van der Waals surface area contributed by atoms with Crippen LogP contribution in [0.4, 0.5) is 11.4 Å². The van der Waals surface area contributed by atoms with Gasteiger partial charge in [0.1, 0.15) is 11.6 Å². The first-order valence-electron chi connectivity index (χ1n) is 12.2. The molecule has 0 aliphatic rings. The number of rotatable bonds is 7. The number of halogens is 1. The van der Waals surface area contributed by atoms with E-state index in [1.54, 1.807) is 42.5 Å². The molecular formula is C32H21BrN4O3. The number of hydrogen-bond donors (Lipinski definition) is 1. The van der Waals surface area contributed by atoms with Gasteiger partial charge in [-0.2, -0.15) is 5.26 Å². The van der Waals surface area contributed by atoms with Crippen LogP contribution in [-0.2, 0) is 4.79 Å². The van der Waals surface area contributed by atoms with Crippen LogP contribution in [0.3, 0.4) is 0 Å². The second-order valence-electron chi connectivity index (χ2n) is 8.81. The highest BCUT2D eigenvalue weighted by molar-refractivity contribution is 9.10. The summed E-state index contributed by atoms with van der Waals surface area (Å²) in [5, 5.41) is 24.1. The molecule has 5 rings (SSSR count). The number of benzene rings is 4. The van der Waals surface area contributed by atoms with Crippen molar-refractivity contribution in [2.75, 3.05) is 5.32 Å². The average molecular weight is 589 g/mol. The molecule has 5 aromatic rings. The van der Waals surface area contributed by atoms with Crippen molar-refractivity contribution in [2.24, 2.45) is 0 Å². The van der Waals surface area contributed by atoms with Gasteiger partial charge in [0.2, 0.25) is 0 Å². The van der Waals surface area contributed by atoms with Gasteiger partial charge in [-0.1, -0.05) is 76.6 Å². The molecule has 0 fully saturated rings. The van der Waals surface area contributed by atoms with Crippen LogP contribution in [0.2, 0.25) is 0 Å². The summed E-state index contributed by atoms with van der Waals surface area (Å²) in [5.41, 5.74) is 5.09. The zero-order valence-corrected chi connectivity index (χ0v) is 22.6. The lowest BCUT2D eigenvalue weighted by atomic mass is 10.0. The molecule has 1 heterocycles. The quantitative estimate of drug-likeness (QED) is 0.0899. The zero-order chi connectivity index (χ0) is 28.1. The van der Waals surface area contributed by atoms with E-state index in [2.05, 4.69) is 21.2 Å². The van der Waals surface area contributed by atoms with E-state index >= 15 is 0 Å². The van der Waals surface area contributed by atoms with Gasteiger partial charge >= 0.3 is 0 Å². The summed E-state index contributed by atoms with van der Waals surface area (Å²) in [5.74, 6) is -0.534. The van der Waals surface area contributed by atoms with Gasteiger partial charge in [-0.15, -0.1) is 0 Å². The Balaban J connectivity index is 1.71. The third-order valence-corrected chi connectivity index (χ3v) is 6.76. The van der Waals surface area contributed by atoms with Gasteiger partial charge < -0.3 is 9.88 Å². The topological polar surface area (TPSA) is 101 Å². The number of nitrogens with one attached hydrogen (secondary N) is 1. The summed E-state index contributed by atoms with van der Waals surface area (Å²) in [6.07, 6.45) is 1.57. The normalized spacial score (nSPS) is 11.1. The summed E-state index contributed by atoms with van der Waals surface area (Å²) >= 11 is 3.38. The number of nitro benzene ring substituents is 1. The zero-order valence-electron chi connectivity index (χ0n) is 21.0. The Morgan fingerprint density at radius 3 is 2.05 bits per heavy atom. The molecule has 0 unspecified atom stereocenters. The van der Waals surface area contributed by atoms with E-state index in [1.165, 1.54) is 12.1 Å². The number of non-ortho nitro benzene ring substituents is 1. The molecule has 0 saturated heterocycles. The van der Waals surface area contributed by atoms with Crippen molar-refractivity contribution in [1.29, 1.82) is 5.26 Å². The number of carbonyl (C=O) groups excluding carboxylic acids is 1. The van der Waals surface area contributed by atoms with Gasteiger partial charge in [-0.3, -0.25) is 14.9 Å². The van der Waals surface area contributed by atoms with E-state index in [0.717, 1.165) is 27.0 Å². The van der Waals surface area contributed by atoms with Crippen LogP contribution in [0.25, 0.3) is 34.3 Å². The summed E-state index contributed by atoms with van der Waals surface area (Å²) in [7, 11) is 0. The number of carbonyl (C=O) groups is 1. The van der Waals surface area contributed by atoms with Crippen molar-refractivity contribution >= 4 is 39.3 Å². The number of anilines is 1. The van der Waals surface area contributed by atoms with Crippen molar-refractivity contribution < 1.29 is 9.72 Å². The van der Waals surface area contributed by atoms with Crippen molar-refractivity contribution in [3.63, 3.8) is 0 Å². The predicted octanol–water partition coefficient (Wildman–Crippen LogP) is 8.03. The second kappa shape index (κ2) is 11.6. The fourth-order valence-corrected chi connectivity index (χ4v) is 4.64. The van der Waals surface area contributed by atoms with Crippen LogP contribution >= 0.6 is 15.9 Å². The van der Waals surface area contributed by atoms with E-state index in [9.17, 15) is 20.2 Å². The summed E-state index contributed by atoms with van der Waals surface area (Å²) in [6.45, 7) is 0. The molecule has 194 valence electrons. The van der Waals surface area contributed by atoms with E-state index in [0.29, 0.717) is 16.9 Å². The van der Waals surface area contributed by atoms with Gasteiger partial charge in [-0.05, 0) is 59.7 Å². The van der Waals surface area contributed by atoms with Gasteiger partial charge in [-0.25, -0.2) is 0 Å². The summed E-state index contributed by atoms with van der Waals surface area (Å²) in [6, 6.07) is 36.6. The van der Waals surface area contributed by atoms with E-state index in [4.69, 9.17) is 0 Å². The van der Waals surface area contributed by atoms with Crippen molar-refractivity contribution in [3.8, 4) is 34.3 Å². The number of aromatic nitrogens is 1. The largest absolute Gasteiger partial charge is 0.321 e. The second-order valence-corrected chi connectivity index (χ2v) is 9.72. The highest BCUT2D eigenvalue weighted by Crippen LogP contribution is 2.37. The number of nitriles is 1. The van der Waals surface area contributed by atoms with Crippen LogP contribution in [0.5, 0.6) is 0 Å². The molecule has 8 heteroatoms. The fourth-order valence-electron chi connectivity index (χ4n) is 4.38. The minimum Gasteiger partial charge on any atom is -0.321 e. The lowest BCUT2D eigenvalue weighted by Gasteiger charge is -2.15. The minimum atomic E-state index is -0.534. The number of amides is 1. The molecule has 40 heavy (non-hydrogen) atoms. The molecule has 0 radical (unpaired) electrons. The summed E-state index contributed by atoms with van der Waals surface area (Å²) in [4.78, 5) is 24.0. The van der Waals surface area contributed by atoms with Crippen molar-refractivity contribution in [2.45, 2.75) is 0 Å². The number of nitro groups is 1. The molecule has 1 aromatic heterocycles. The average Bonchev–Trinajstić information content (AvgIpc) is 3.37. The molecule has 0 aliphatic heterocycles. The molecule has 0 atom stereocenters. The van der Waals surface area contributed by atoms with Gasteiger partial charge in [0.15, 0.2) is 0 Å². The first kappa shape index (κ1) is 26.4. The van der Waals surface area contributed by atoms with E-state index in [-0.39, 0.29) is 11.3 Å². The summed E-state index contributed by atoms with van der Waals surface area (Å²) < 4.78 is 2.86. The highest BCUT2D eigenvalue weighted by Gasteiger charge is 2.21. The predicted molar refractivity (Wildman–Crippen MR) is 160 cm³/mol. The molecular weight excluding hydrogens is 568 g/mol. The van der Waals surface area contributed by atoms with Crippen molar-refractivity contribution in [3.05, 3.63) is 141 Å². The maximum Gasteiger partial charge on any atom is 0.269 e. The monoisotopic (exact) mass is 588 g/mol. The Hall–Kier alpha value is -5.26. The first-order chi connectivity index (χ1) is 19.4. The Morgan fingerprint density at radius 1 is 0.875 bits per heavy atom. The Kier molecular flexibility index (Phi) is 7.67. The molecule has 0 bridgehead atoms. The van der Waals surface area contributed by atoms with Crippen LogP contribution in [0, 0.1) is 21.4 Å². The van der Waals surface area contributed by atoms with Crippen molar-refractivity contribution in [1.82, 2.24) is 4.57 Å². The lowest BCUT2D eigenvalue weighted by molar-refractivity contribution is -0.384. The Labute approximate surface area is 238 Å². The number of nitrogens with zero attached hydrogens (tertiary/aromatic N) is 3. The third-order valence-electron chi connectivity index (χ3n) is 6.23. The molecule has 7 nitrogen and oxygen atoms in total. The SMILES string of the molecule is N#C/C(=C\c1cc(-c2ccccc2)n(-c2ccc([N+](=O)[O-])cc2)c1-c1ccccc1)C(=O)Nc1ccc(Br)cc1. The molecule has 0 saturated carbocycles. The van der Waals surface area contributed by atoms with Gasteiger partial charge in [0.25, 0.3) is 11.6 Å². The van der Waals surface area contributed by atoms with E-state index < -0.39 is 10.8 Å². The van der Waals surface area contributed by atoms with Gasteiger partial charge in [0.05, 0.1) is 16.3 Å². The third kappa shape index (κ3) is 5.60. The van der Waals surface area contributed by atoms with Crippen LogP contribution < -0.4 is 5.32 Å². The maximum atomic E-state index is 13.1. The van der Waals surface area contributed by atoms with Crippen LogP contribution in [0.1, 0.15) is 5.56 Å². The molecule has 0 aliphatic carbocycles. The molecule has 0 spiro atoms. The smallest absolute Gasteiger partial charge is 0.269 e. The molecule has 1 N–H and O–H groups in total. The standard InChI is InChI=1S/C32H21BrN4O3/c33-26-11-13-27(14-12-26)35-32(38)25(21-34)19-24-20-30(22-7-3-1-4-8-22)36(31(24)23-9-5-2-6-10-23)28-15-17-29(18-16-28)37(39)40/h1-20H,(H,35,38)/b25-19+. The van der Waals surface area contributed by atoms with E-state index in [1.807, 2.05) is 77.4 Å². The maximum absolute atomic E-state index is 13.1.